The number of aromatic nitrogens is 4. The molecule has 1 unspecified atom stereocenters. The van der Waals surface area contributed by atoms with E-state index in [9.17, 15) is 4.79 Å². The van der Waals surface area contributed by atoms with Gasteiger partial charge in [0.05, 0.1) is 13.2 Å². The lowest BCUT2D eigenvalue weighted by Gasteiger charge is -2.20. The van der Waals surface area contributed by atoms with Gasteiger partial charge < -0.3 is 10.1 Å². The maximum absolute atomic E-state index is 12.9. The molecule has 1 N–H and O–H groups in total. The van der Waals surface area contributed by atoms with Crippen molar-refractivity contribution >= 4 is 5.91 Å². The average molecular weight is 343 g/mol. The van der Waals surface area contributed by atoms with Crippen LogP contribution >= 0.6 is 0 Å². The summed E-state index contributed by atoms with van der Waals surface area (Å²) in [4.78, 5) is 21.8. The summed E-state index contributed by atoms with van der Waals surface area (Å²) < 4.78 is 7.06. The molecule has 0 radical (unpaired) electrons. The molecule has 0 saturated heterocycles. The number of methoxy groups -OCH3 is 1. The number of hydrogen-bond donors (Lipinski definition) is 1. The van der Waals surface area contributed by atoms with E-state index in [4.69, 9.17) is 4.74 Å². The molecule has 1 amide bonds. The SMILES string of the molecule is COc1nc2c(cc1C(=O)NC(CC(C)C)c1ncnn1C)CCC2. The Labute approximate surface area is 147 Å². The van der Waals surface area contributed by atoms with Crippen molar-refractivity contribution < 1.29 is 9.53 Å². The lowest BCUT2D eigenvalue weighted by molar-refractivity contribution is 0.0925. The second-order valence-corrected chi connectivity index (χ2v) is 6.90. The highest BCUT2D eigenvalue weighted by Crippen LogP contribution is 2.27. The Bertz CT molecular complexity index is 769. The highest BCUT2D eigenvalue weighted by Gasteiger charge is 2.25. The van der Waals surface area contributed by atoms with Crippen LogP contribution in [0.2, 0.25) is 0 Å². The predicted molar refractivity (Wildman–Crippen MR) is 93.5 cm³/mol. The van der Waals surface area contributed by atoms with E-state index in [0.29, 0.717) is 17.4 Å². The lowest BCUT2D eigenvalue weighted by atomic mass is 10.0. The number of rotatable bonds is 6. The molecule has 7 heteroatoms. The van der Waals surface area contributed by atoms with E-state index >= 15 is 0 Å². The smallest absolute Gasteiger partial charge is 0.257 e. The summed E-state index contributed by atoms with van der Waals surface area (Å²) in [7, 11) is 3.38. The molecule has 2 aromatic heterocycles. The van der Waals surface area contributed by atoms with Gasteiger partial charge in [0.1, 0.15) is 17.7 Å². The normalized spacial score (nSPS) is 14.4. The van der Waals surface area contributed by atoms with Crippen LogP contribution in [0.5, 0.6) is 5.88 Å². The van der Waals surface area contributed by atoms with Crippen LogP contribution in [0, 0.1) is 5.92 Å². The van der Waals surface area contributed by atoms with Crippen molar-refractivity contribution in [2.45, 2.75) is 45.6 Å². The fourth-order valence-electron chi connectivity index (χ4n) is 3.33. The summed E-state index contributed by atoms with van der Waals surface area (Å²) >= 11 is 0. The molecule has 0 saturated carbocycles. The minimum Gasteiger partial charge on any atom is -0.480 e. The van der Waals surface area contributed by atoms with E-state index in [1.54, 1.807) is 11.8 Å². The highest BCUT2D eigenvalue weighted by atomic mass is 16.5. The molecule has 0 aromatic carbocycles. The van der Waals surface area contributed by atoms with E-state index in [-0.39, 0.29) is 11.9 Å². The Morgan fingerprint density at radius 1 is 1.40 bits per heavy atom. The van der Waals surface area contributed by atoms with Crippen LogP contribution in [0.4, 0.5) is 0 Å². The van der Waals surface area contributed by atoms with Crippen LogP contribution in [0.15, 0.2) is 12.4 Å². The molecular weight excluding hydrogens is 318 g/mol. The fourth-order valence-corrected chi connectivity index (χ4v) is 3.33. The van der Waals surface area contributed by atoms with Gasteiger partial charge in [-0.15, -0.1) is 0 Å². The molecule has 0 spiro atoms. The van der Waals surface area contributed by atoms with Crippen molar-refractivity contribution in [2.75, 3.05) is 7.11 Å². The Hall–Kier alpha value is -2.44. The second kappa shape index (κ2) is 7.21. The number of nitrogens with one attached hydrogen (secondary N) is 1. The number of carbonyl (C=O) groups is 1. The monoisotopic (exact) mass is 343 g/mol. The maximum atomic E-state index is 12.9. The third-order valence-electron chi connectivity index (χ3n) is 4.52. The number of pyridine rings is 1. The molecule has 0 aliphatic heterocycles. The summed E-state index contributed by atoms with van der Waals surface area (Å²) in [5.74, 6) is 1.35. The maximum Gasteiger partial charge on any atom is 0.257 e. The zero-order valence-corrected chi connectivity index (χ0v) is 15.2. The van der Waals surface area contributed by atoms with Gasteiger partial charge in [0.2, 0.25) is 5.88 Å². The molecule has 1 aliphatic carbocycles. The van der Waals surface area contributed by atoms with Gasteiger partial charge in [0.25, 0.3) is 5.91 Å². The Balaban J connectivity index is 1.88. The molecular formula is C18H25N5O2. The average Bonchev–Trinajstić information content (AvgIpc) is 3.20. The van der Waals surface area contributed by atoms with E-state index < -0.39 is 0 Å². The Morgan fingerprint density at radius 2 is 2.20 bits per heavy atom. The van der Waals surface area contributed by atoms with E-state index in [0.717, 1.165) is 42.8 Å². The van der Waals surface area contributed by atoms with Crippen molar-refractivity contribution in [1.82, 2.24) is 25.1 Å². The Kier molecular flexibility index (Phi) is 5.01. The molecule has 1 atom stereocenters. The lowest BCUT2D eigenvalue weighted by Crippen LogP contribution is -2.32. The van der Waals surface area contributed by atoms with Gasteiger partial charge in [0.15, 0.2) is 0 Å². The number of ether oxygens (including phenoxy) is 1. The van der Waals surface area contributed by atoms with Gasteiger partial charge >= 0.3 is 0 Å². The predicted octanol–water partition coefficient (Wildman–Crippen LogP) is 2.22. The standard InChI is InChI=1S/C18H25N5O2/c1-11(2)8-15(16-19-10-20-23(16)3)21-17(24)13-9-12-6-5-7-14(12)22-18(13)25-4/h9-11,15H,5-8H2,1-4H3,(H,21,24). The number of amides is 1. The summed E-state index contributed by atoms with van der Waals surface area (Å²) in [6, 6.07) is 1.71. The second-order valence-electron chi connectivity index (χ2n) is 6.90. The zero-order valence-electron chi connectivity index (χ0n) is 15.2. The number of nitrogens with zero attached hydrogens (tertiary/aromatic N) is 4. The van der Waals surface area contributed by atoms with Crippen LogP contribution in [-0.4, -0.2) is 32.8 Å². The number of carbonyl (C=O) groups excluding carboxylic acids is 1. The third kappa shape index (κ3) is 3.65. The highest BCUT2D eigenvalue weighted by molar-refractivity contribution is 5.96. The van der Waals surface area contributed by atoms with E-state index in [2.05, 4.69) is 34.2 Å². The van der Waals surface area contributed by atoms with Crippen molar-refractivity contribution in [3.05, 3.63) is 35.0 Å². The van der Waals surface area contributed by atoms with Crippen LogP contribution in [-0.2, 0) is 19.9 Å². The summed E-state index contributed by atoms with van der Waals surface area (Å²) in [5, 5.41) is 7.21. The molecule has 0 fully saturated rings. The molecule has 0 bridgehead atoms. The molecule has 3 rings (SSSR count). The van der Waals surface area contributed by atoms with E-state index in [1.807, 2.05) is 13.1 Å². The van der Waals surface area contributed by atoms with Crippen molar-refractivity contribution in [3.63, 3.8) is 0 Å². The largest absolute Gasteiger partial charge is 0.480 e. The third-order valence-corrected chi connectivity index (χ3v) is 4.52. The quantitative estimate of drug-likeness (QED) is 0.870. The molecule has 25 heavy (non-hydrogen) atoms. The van der Waals surface area contributed by atoms with Gasteiger partial charge in [0, 0.05) is 12.7 Å². The van der Waals surface area contributed by atoms with Gasteiger partial charge in [-0.1, -0.05) is 13.8 Å². The number of fused-ring (bicyclic) bond motifs is 1. The van der Waals surface area contributed by atoms with Crippen LogP contribution < -0.4 is 10.1 Å². The van der Waals surface area contributed by atoms with E-state index in [1.165, 1.54) is 6.33 Å². The first-order valence-electron chi connectivity index (χ1n) is 8.71. The van der Waals surface area contributed by atoms with Crippen LogP contribution in [0.3, 0.4) is 0 Å². The number of hydrogen-bond acceptors (Lipinski definition) is 5. The molecule has 2 heterocycles. The van der Waals surface area contributed by atoms with Gasteiger partial charge in [-0.2, -0.15) is 5.10 Å². The van der Waals surface area contributed by atoms with Crippen LogP contribution in [0.25, 0.3) is 0 Å². The summed E-state index contributed by atoms with van der Waals surface area (Å²) in [6.07, 6.45) is 5.27. The first-order chi connectivity index (χ1) is 12.0. The van der Waals surface area contributed by atoms with Gasteiger partial charge in [-0.3, -0.25) is 9.48 Å². The summed E-state index contributed by atoms with van der Waals surface area (Å²) in [5.41, 5.74) is 2.67. The van der Waals surface area contributed by atoms with Crippen molar-refractivity contribution in [3.8, 4) is 5.88 Å². The molecule has 1 aliphatic rings. The van der Waals surface area contributed by atoms with Gasteiger partial charge in [-0.25, -0.2) is 9.97 Å². The minimum atomic E-state index is -0.210. The molecule has 134 valence electrons. The zero-order chi connectivity index (χ0) is 18.0. The summed E-state index contributed by atoms with van der Waals surface area (Å²) in [6.45, 7) is 4.24. The first-order valence-corrected chi connectivity index (χ1v) is 8.71. The topological polar surface area (TPSA) is 81.9 Å². The molecule has 7 nitrogen and oxygen atoms in total. The first kappa shape index (κ1) is 17.4. The Morgan fingerprint density at radius 3 is 2.84 bits per heavy atom. The molecule has 2 aromatic rings. The van der Waals surface area contributed by atoms with Gasteiger partial charge in [-0.05, 0) is 43.2 Å². The van der Waals surface area contributed by atoms with Crippen LogP contribution in [0.1, 0.15) is 60.2 Å². The van der Waals surface area contributed by atoms with Crippen molar-refractivity contribution in [1.29, 1.82) is 0 Å². The number of aryl methyl sites for hydroxylation is 3. The van der Waals surface area contributed by atoms with Crippen molar-refractivity contribution in [2.24, 2.45) is 13.0 Å². The fraction of sp³-hybridized carbons (Fsp3) is 0.556. The minimum absolute atomic E-state index is 0.187.